The molecule has 3 N–H and O–H groups in total. The molecule has 3 rings (SSSR count). The fourth-order valence-electron chi connectivity index (χ4n) is 1.60. The van der Waals surface area contributed by atoms with Gasteiger partial charge in [0.2, 0.25) is 0 Å². The van der Waals surface area contributed by atoms with Crippen molar-refractivity contribution in [3.63, 3.8) is 0 Å². The first-order chi connectivity index (χ1) is 7.81. The van der Waals surface area contributed by atoms with E-state index in [1.165, 1.54) is 0 Å². The molecule has 16 heavy (non-hydrogen) atoms. The Bertz CT molecular complexity index is 530. The van der Waals surface area contributed by atoms with Crippen molar-refractivity contribution < 1.29 is 4.79 Å². The lowest BCUT2D eigenvalue weighted by Gasteiger charge is -2.06. The van der Waals surface area contributed by atoms with E-state index in [-0.39, 0.29) is 6.03 Å². The van der Waals surface area contributed by atoms with E-state index in [9.17, 15) is 4.79 Å². The van der Waals surface area contributed by atoms with Gasteiger partial charge < -0.3 is 10.6 Å². The number of amides is 2. The molecule has 0 aliphatic heterocycles. The monoisotopic (exact) mass is 216 g/mol. The highest BCUT2D eigenvalue weighted by Crippen LogP contribution is 2.19. The Hall–Kier alpha value is -2.04. The van der Waals surface area contributed by atoms with E-state index in [1.54, 1.807) is 6.20 Å². The lowest BCUT2D eigenvalue weighted by Crippen LogP contribution is -2.30. The number of nitrogens with one attached hydrogen (secondary N) is 3. The van der Waals surface area contributed by atoms with E-state index in [0.29, 0.717) is 6.04 Å². The Kier molecular flexibility index (Phi) is 2.02. The largest absolute Gasteiger partial charge is 0.335 e. The van der Waals surface area contributed by atoms with Crippen molar-refractivity contribution in [3.8, 4) is 0 Å². The van der Waals surface area contributed by atoms with Crippen LogP contribution in [0.15, 0.2) is 24.4 Å². The van der Waals surface area contributed by atoms with Gasteiger partial charge in [0.25, 0.3) is 0 Å². The van der Waals surface area contributed by atoms with Crippen LogP contribution in [-0.2, 0) is 0 Å². The Labute approximate surface area is 92.2 Å². The van der Waals surface area contributed by atoms with Crippen LogP contribution in [0.25, 0.3) is 10.9 Å². The molecule has 0 saturated heterocycles. The molecule has 1 saturated carbocycles. The van der Waals surface area contributed by atoms with E-state index in [0.717, 1.165) is 29.4 Å². The normalized spacial score (nSPS) is 15.0. The predicted molar refractivity (Wildman–Crippen MR) is 61.3 cm³/mol. The van der Waals surface area contributed by atoms with Gasteiger partial charge in [-0.25, -0.2) is 4.79 Å². The van der Waals surface area contributed by atoms with Gasteiger partial charge in [-0.05, 0) is 31.0 Å². The van der Waals surface area contributed by atoms with E-state index in [1.807, 2.05) is 18.2 Å². The molecule has 0 bridgehead atoms. The number of urea groups is 1. The number of aromatic nitrogens is 2. The van der Waals surface area contributed by atoms with Crippen molar-refractivity contribution >= 4 is 22.6 Å². The van der Waals surface area contributed by atoms with Crippen molar-refractivity contribution in [1.82, 2.24) is 15.5 Å². The van der Waals surface area contributed by atoms with Crippen molar-refractivity contribution in [2.45, 2.75) is 18.9 Å². The summed E-state index contributed by atoms with van der Waals surface area (Å²) in [6, 6.07) is 5.89. The molecule has 1 heterocycles. The molecule has 0 unspecified atom stereocenters. The van der Waals surface area contributed by atoms with Crippen molar-refractivity contribution in [1.29, 1.82) is 0 Å². The molecule has 2 amide bonds. The molecule has 2 aromatic rings. The first-order valence-electron chi connectivity index (χ1n) is 5.32. The summed E-state index contributed by atoms with van der Waals surface area (Å²) in [6.45, 7) is 0. The first-order valence-corrected chi connectivity index (χ1v) is 5.32. The average molecular weight is 216 g/mol. The molecular weight excluding hydrogens is 204 g/mol. The third kappa shape index (κ3) is 1.84. The van der Waals surface area contributed by atoms with Gasteiger partial charge in [-0.1, -0.05) is 0 Å². The van der Waals surface area contributed by atoms with Gasteiger partial charge in [0, 0.05) is 17.1 Å². The van der Waals surface area contributed by atoms with E-state index in [4.69, 9.17) is 0 Å². The maximum atomic E-state index is 11.5. The zero-order valence-corrected chi connectivity index (χ0v) is 8.66. The molecule has 1 aliphatic carbocycles. The topological polar surface area (TPSA) is 69.8 Å². The third-order valence-corrected chi connectivity index (χ3v) is 2.61. The molecule has 0 radical (unpaired) electrons. The number of hydrogen-bond acceptors (Lipinski definition) is 2. The quantitative estimate of drug-likeness (QED) is 0.717. The number of rotatable bonds is 2. The summed E-state index contributed by atoms with van der Waals surface area (Å²) in [5.41, 5.74) is 1.69. The zero-order valence-electron chi connectivity index (χ0n) is 8.66. The van der Waals surface area contributed by atoms with Gasteiger partial charge in [-0.15, -0.1) is 0 Å². The smallest absolute Gasteiger partial charge is 0.319 e. The zero-order chi connectivity index (χ0) is 11.0. The first kappa shape index (κ1) is 9.21. The summed E-state index contributed by atoms with van der Waals surface area (Å²) >= 11 is 0. The minimum absolute atomic E-state index is 0.138. The van der Waals surface area contributed by atoms with Gasteiger partial charge in [0.1, 0.15) is 0 Å². The van der Waals surface area contributed by atoms with Crippen LogP contribution >= 0.6 is 0 Å². The highest BCUT2D eigenvalue weighted by molar-refractivity contribution is 5.92. The number of carbonyl (C=O) groups is 1. The molecule has 1 aromatic heterocycles. The number of H-pyrrole nitrogens is 1. The lowest BCUT2D eigenvalue weighted by molar-refractivity contribution is 0.251. The molecule has 5 nitrogen and oxygen atoms in total. The van der Waals surface area contributed by atoms with Crippen LogP contribution in [0, 0.1) is 0 Å². The van der Waals surface area contributed by atoms with Crippen LogP contribution in [-0.4, -0.2) is 22.3 Å². The van der Waals surface area contributed by atoms with Gasteiger partial charge in [-0.3, -0.25) is 5.10 Å². The second-order valence-electron chi connectivity index (χ2n) is 4.04. The second kappa shape index (κ2) is 3.52. The molecule has 82 valence electrons. The SMILES string of the molecule is O=C(Nc1ccc2cn[nH]c2c1)NC1CC1. The highest BCUT2D eigenvalue weighted by Gasteiger charge is 2.23. The van der Waals surface area contributed by atoms with Crippen LogP contribution in [0.1, 0.15) is 12.8 Å². The molecule has 0 spiro atoms. The number of benzene rings is 1. The lowest BCUT2D eigenvalue weighted by atomic mass is 10.2. The molecular formula is C11H12N4O. The molecule has 5 heteroatoms. The Morgan fingerprint density at radius 1 is 1.44 bits per heavy atom. The summed E-state index contributed by atoms with van der Waals surface area (Å²) in [7, 11) is 0. The number of carbonyl (C=O) groups excluding carboxylic acids is 1. The minimum atomic E-state index is -0.138. The van der Waals surface area contributed by atoms with Crippen molar-refractivity contribution in [2.24, 2.45) is 0 Å². The number of nitrogens with zero attached hydrogens (tertiary/aromatic N) is 1. The van der Waals surface area contributed by atoms with Crippen LogP contribution in [0.4, 0.5) is 10.5 Å². The maximum absolute atomic E-state index is 11.5. The number of fused-ring (bicyclic) bond motifs is 1. The Morgan fingerprint density at radius 3 is 3.12 bits per heavy atom. The molecule has 1 fully saturated rings. The standard InChI is InChI=1S/C11H12N4O/c16-11(13-8-3-4-8)14-9-2-1-7-6-12-15-10(7)5-9/h1-2,5-6,8H,3-4H2,(H,12,15)(H2,13,14,16). The van der Waals surface area contributed by atoms with Gasteiger partial charge in [0.05, 0.1) is 11.7 Å². The summed E-state index contributed by atoms with van der Waals surface area (Å²) in [5.74, 6) is 0. The van der Waals surface area contributed by atoms with Gasteiger partial charge in [0.15, 0.2) is 0 Å². The van der Waals surface area contributed by atoms with Crippen molar-refractivity contribution in [2.75, 3.05) is 5.32 Å². The fourth-order valence-corrected chi connectivity index (χ4v) is 1.60. The van der Waals surface area contributed by atoms with Gasteiger partial charge in [-0.2, -0.15) is 5.10 Å². The van der Waals surface area contributed by atoms with Crippen LogP contribution < -0.4 is 10.6 Å². The number of anilines is 1. The minimum Gasteiger partial charge on any atom is -0.335 e. The second-order valence-corrected chi connectivity index (χ2v) is 4.04. The van der Waals surface area contributed by atoms with E-state index >= 15 is 0 Å². The summed E-state index contributed by atoms with van der Waals surface area (Å²) < 4.78 is 0. The highest BCUT2D eigenvalue weighted by atomic mass is 16.2. The van der Waals surface area contributed by atoms with Crippen LogP contribution in [0.5, 0.6) is 0 Å². The van der Waals surface area contributed by atoms with Crippen molar-refractivity contribution in [3.05, 3.63) is 24.4 Å². The summed E-state index contributed by atoms with van der Waals surface area (Å²) in [6.07, 6.45) is 3.93. The molecule has 1 aromatic carbocycles. The Morgan fingerprint density at radius 2 is 2.31 bits per heavy atom. The summed E-state index contributed by atoms with van der Waals surface area (Å²) in [4.78, 5) is 11.5. The number of hydrogen-bond donors (Lipinski definition) is 3. The third-order valence-electron chi connectivity index (χ3n) is 2.61. The maximum Gasteiger partial charge on any atom is 0.319 e. The fraction of sp³-hybridized carbons (Fsp3) is 0.273. The van der Waals surface area contributed by atoms with Crippen LogP contribution in [0.3, 0.4) is 0 Å². The number of aromatic amines is 1. The van der Waals surface area contributed by atoms with Crippen LogP contribution in [0.2, 0.25) is 0 Å². The Balaban J connectivity index is 1.74. The van der Waals surface area contributed by atoms with E-state index in [2.05, 4.69) is 20.8 Å². The average Bonchev–Trinajstić information content (AvgIpc) is 2.95. The summed E-state index contributed by atoms with van der Waals surface area (Å²) in [5, 5.41) is 13.5. The molecule has 1 aliphatic rings. The molecule has 0 atom stereocenters. The predicted octanol–water partition coefficient (Wildman–Crippen LogP) is 1.85. The van der Waals surface area contributed by atoms with E-state index < -0.39 is 0 Å². The van der Waals surface area contributed by atoms with Gasteiger partial charge >= 0.3 is 6.03 Å².